The van der Waals surface area contributed by atoms with Gasteiger partial charge in [0.2, 0.25) is 6.43 Å². The fourth-order valence-corrected chi connectivity index (χ4v) is 2.32. The summed E-state index contributed by atoms with van der Waals surface area (Å²) in [6, 6.07) is 2.11. The van der Waals surface area contributed by atoms with E-state index in [0.29, 0.717) is 10.5 Å². The maximum Gasteiger partial charge on any atom is 0.422 e. The molecule has 10 heteroatoms. The molecule has 0 aromatic heterocycles. The Bertz CT molecular complexity index is 663. The molecule has 1 aromatic carbocycles. The second kappa shape index (κ2) is 7.24. The highest BCUT2D eigenvalue weighted by atomic mass is 19.4. The van der Waals surface area contributed by atoms with Crippen LogP contribution in [0.3, 0.4) is 0 Å². The number of amides is 3. The van der Waals surface area contributed by atoms with Crippen LogP contribution in [0.15, 0.2) is 18.2 Å². The third kappa shape index (κ3) is 5.04. The molecule has 25 heavy (non-hydrogen) atoms. The normalized spacial score (nSPS) is 18.0. The summed E-state index contributed by atoms with van der Waals surface area (Å²) in [5.41, 5.74) is 0.782. The molecule has 1 aliphatic heterocycles. The van der Waals surface area contributed by atoms with E-state index >= 15 is 0 Å². The SMILES string of the molecule is Cc1ccc(CN2C(=O)NC(CC(F)F)C2=O)c(OCC(F)(F)F)c1. The lowest BCUT2D eigenvalue weighted by atomic mass is 10.1. The molecule has 0 radical (unpaired) electrons. The van der Waals surface area contributed by atoms with Gasteiger partial charge in [0, 0.05) is 12.0 Å². The second-order valence-corrected chi connectivity index (χ2v) is 5.57. The van der Waals surface area contributed by atoms with Crippen LogP contribution >= 0.6 is 0 Å². The van der Waals surface area contributed by atoms with Crippen molar-refractivity contribution in [2.24, 2.45) is 0 Å². The number of alkyl halides is 5. The molecular formula is C15H15F5N2O3. The van der Waals surface area contributed by atoms with E-state index in [-0.39, 0.29) is 17.9 Å². The lowest BCUT2D eigenvalue weighted by Gasteiger charge is -2.18. The topological polar surface area (TPSA) is 58.6 Å². The summed E-state index contributed by atoms with van der Waals surface area (Å²) in [6.07, 6.45) is -8.16. The lowest BCUT2D eigenvalue weighted by Crippen LogP contribution is -2.32. The van der Waals surface area contributed by atoms with Crippen molar-refractivity contribution >= 4 is 11.9 Å². The number of carbonyl (C=O) groups is 2. The van der Waals surface area contributed by atoms with Crippen LogP contribution in [-0.2, 0) is 11.3 Å². The molecule has 1 unspecified atom stereocenters. The van der Waals surface area contributed by atoms with Crippen LogP contribution in [0.25, 0.3) is 0 Å². The number of benzene rings is 1. The highest BCUT2D eigenvalue weighted by molar-refractivity contribution is 6.04. The van der Waals surface area contributed by atoms with Crippen LogP contribution in [0.5, 0.6) is 5.75 Å². The van der Waals surface area contributed by atoms with Crippen molar-refractivity contribution < 1.29 is 36.3 Å². The Morgan fingerprint density at radius 1 is 1.28 bits per heavy atom. The van der Waals surface area contributed by atoms with Gasteiger partial charge < -0.3 is 10.1 Å². The first-order valence-electron chi connectivity index (χ1n) is 7.26. The molecule has 0 spiro atoms. The van der Waals surface area contributed by atoms with Gasteiger partial charge in [0.05, 0.1) is 6.54 Å². The Kier molecular flexibility index (Phi) is 5.48. The van der Waals surface area contributed by atoms with Crippen LogP contribution in [-0.4, -0.2) is 42.1 Å². The standard InChI is InChI=1S/C15H15F5N2O3/c1-8-2-3-9(11(4-8)25-7-15(18,19)20)6-22-13(23)10(5-12(16)17)21-14(22)24/h2-4,10,12H,5-7H2,1H3,(H,21,24). The van der Waals surface area contributed by atoms with Gasteiger partial charge in [-0.2, -0.15) is 13.2 Å². The Morgan fingerprint density at radius 3 is 2.56 bits per heavy atom. The molecule has 1 atom stereocenters. The van der Waals surface area contributed by atoms with Crippen LogP contribution < -0.4 is 10.1 Å². The maximum absolute atomic E-state index is 12.4. The summed E-state index contributed by atoms with van der Waals surface area (Å²) in [4.78, 5) is 24.5. The average molecular weight is 366 g/mol. The predicted octanol–water partition coefficient (Wildman–Crippen LogP) is 3.01. The molecule has 2 rings (SSSR count). The van der Waals surface area contributed by atoms with Crippen molar-refractivity contribution in [2.45, 2.75) is 38.5 Å². The molecule has 1 saturated heterocycles. The summed E-state index contributed by atoms with van der Waals surface area (Å²) in [5, 5.41) is 2.13. The van der Waals surface area contributed by atoms with E-state index in [1.54, 1.807) is 13.0 Å². The molecular weight excluding hydrogens is 351 g/mol. The number of aryl methyl sites for hydroxylation is 1. The van der Waals surface area contributed by atoms with Gasteiger partial charge in [0.15, 0.2) is 6.61 Å². The quantitative estimate of drug-likeness (QED) is 0.622. The van der Waals surface area contributed by atoms with Gasteiger partial charge in [-0.3, -0.25) is 9.69 Å². The first kappa shape index (κ1) is 18.9. The number of halogens is 5. The minimum Gasteiger partial charge on any atom is -0.484 e. The van der Waals surface area contributed by atoms with Gasteiger partial charge in [-0.05, 0) is 18.6 Å². The zero-order chi connectivity index (χ0) is 18.8. The molecule has 1 N–H and O–H groups in total. The van der Waals surface area contributed by atoms with E-state index in [2.05, 4.69) is 5.32 Å². The van der Waals surface area contributed by atoms with Crippen molar-refractivity contribution in [1.82, 2.24) is 10.2 Å². The van der Waals surface area contributed by atoms with E-state index in [1.165, 1.54) is 12.1 Å². The number of nitrogens with one attached hydrogen (secondary N) is 1. The highest BCUT2D eigenvalue weighted by Crippen LogP contribution is 2.26. The van der Waals surface area contributed by atoms with Crippen LogP contribution in [0.1, 0.15) is 17.5 Å². The van der Waals surface area contributed by atoms with Crippen molar-refractivity contribution in [3.63, 3.8) is 0 Å². The number of urea groups is 1. The van der Waals surface area contributed by atoms with Gasteiger partial charge >= 0.3 is 12.2 Å². The number of nitrogens with zero attached hydrogens (tertiary/aromatic N) is 1. The monoisotopic (exact) mass is 366 g/mol. The molecule has 0 saturated carbocycles. The van der Waals surface area contributed by atoms with Crippen molar-refractivity contribution in [1.29, 1.82) is 0 Å². The number of rotatable bonds is 6. The molecule has 1 fully saturated rings. The van der Waals surface area contributed by atoms with E-state index < -0.39 is 43.6 Å². The highest BCUT2D eigenvalue weighted by Gasteiger charge is 2.39. The van der Waals surface area contributed by atoms with Gasteiger partial charge in [-0.15, -0.1) is 0 Å². The fourth-order valence-electron chi connectivity index (χ4n) is 2.32. The molecule has 0 aliphatic carbocycles. The van der Waals surface area contributed by atoms with Crippen molar-refractivity contribution in [2.75, 3.05) is 6.61 Å². The lowest BCUT2D eigenvalue weighted by molar-refractivity contribution is -0.153. The summed E-state index contributed by atoms with van der Waals surface area (Å²) in [6.45, 7) is -0.272. The Morgan fingerprint density at radius 2 is 1.96 bits per heavy atom. The van der Waals surface area contributed by atoms with Crippen LogP contribution in [0.4, 0.5) is 26.7 Å². The molecule has 138 valence electrons. The molecule has 1 heterocycles. The van der Waals surface area contributed by atoms with Crippen molar-refractivity contribution in [3.8, 4) is 5.75 Å². The van der Waals surface area contributed by atoms with Gasteiger partial charge in [-0.25, -0.2) is 13.6 Å². The van der Waals surface area contributed by atoms with Gasteiger partial charge in [-0.1, -0.05) is 12.1 Å². The van der Waals surface area contributed by atoms with Crippen LogP contribution in [0.2, 0.25) is 0 Å². The average Bonchev–Trinajstić information content (AvgIpc) is 2.73. The number of ether oxygens (including phenoxy) is 1. The first-order chi connectivity index (χ1) is 11.6. The predicted molar refractivity (Wildman–Crippen MR) is 76.2 cm³/mol. The first-order valence-corrected chi connectivity index (χ1v) is 7.26. The number of imide groups is 1. The smallest absolute Gasteiger partial charge is 0.422 e. The Labute approximate surface area is 139 Å². The van der Waals surface area contributed by atoms with E-state index in [1.807, 2.05) is 0 Å². The number of carbonyl (C=O) groups excluding carboxylic acids is 2. The second-order valence-electron chi connectivity index (χ2n) is 5.57. The minimum absolute atomic E-state index is 0.129. The molecule has 1 aliphatic rings. The zero-order valence-corrected chi connectivity index (χ0v) is 13.1. The zero-order valence-electron chi connectivity index (χ0n) is 13.1. The third-order valence-corrected chi connectivity index (χ3v) is 3.46. The van der Waals surface area contributed by atoms with E-state index in [0.717, 1.165) is 0 Å². The molecule has 3 amide bonds. The van der Waals surface area contributed by atoms with E-state index in [4.69, 9.17) is 4.74 Å². The summed E-state index contributed by atoms with van der Waals surface area (Å²) in [7, 11) is 0. The van der Waals surface area contributed by atoms with Gasteiger partial charge in [0.25, 0.3) is 5.91 Å². The van der Waals surface area contributed by atoms with Gasteiger partial charge in [0.1, 0.15) is 11.8 Å². The Hall–Kier alpha value is -2.39. The number of hydrogen-bond donors (Lipinski definition) is 1. The van der Waals surface area contributed by atoms with E-state index in [9.17, 15) is 31.5 Å². The summed E-state index contributed by atoms with van der Waals surface area (Å²) >= 11 is 0. The Balaban J connectivity index is 2.16. The third-order valence-electron chi connectivity index (χ3n) is 3.46. The largest absolute Gasteiger partial charge is 0.484 e. The maximum atomic E-state index is 12.4. The summed E-state index contributed by atoms with van der Waals surface area (Å²) < 4.78 is 66.6. The minimum atomic E-state index is -4.55. The fraction of sp³-hybridized carbons (Fsp3) is 0.467. The molecule has 0 bridgehead atoms. The molecule has 1 aromatic rings. The summed E-state index contributed by atoms with van der Waals surface area (Å²) in [5.74, 6) is -0.983. The molecule has 5 nitrogen and oxygen atoms in total. The number of hydrogen-bond acceptors (Lipinski definition) is 3. The van der Waals surface area contributed by atoms with Crippen LogP contribution in [0, 0.1) is 6.92 Å². The van der Waals surface area contributed by atoms with Crippen molar-refractivity contribution in [3.05, 3.63) is 29.3 Å².